The summed E-state index contributed by atoms with van der Waals surface area (Å²) in [5.41, 5.74) is 8.21. The number of carbonyl (C=O) groups is 1. The largest absolute Gasteiger partial charge is 0.492 e. The van der Waals surface area contributed by atoms with Crippen molar-refractivity contribution in [2.45, 2.75) is 32.1 Å². The molecule has 0 bridgehead atoms. The molecule has 5 nitrogen and oxygen atoms in total. The van der Waals surface area contributed by atoms with E-state index in [1.54, 1.807) is 6.07 Å². The normalized spacial score (nSPS) is 31.3. The van der Waals surface area contributed by atoms with Crippen LogP contribution in [0.1, 0.15) is 41.6 Å². The summed E-state index contributed by atoms with van der Waals surface area (Å²) in [6, 6.07) is 1.71. The summed E-state index contributed by atoms with van der Waals surface area (Å²) in [5, 5.41) is 0.474. The van der Waals surface area contributed by atoms with Gasteiger partial charge in [0.25, 0.3) is 0 Å². The van der Waals surface area contributed by atoms with Gasteiger partial charge in [0.15, 0.2) is 5.78 Å². The number of halogens is 1. The molecular formula is C22H29ClN2O3. The first kappa shape index (κ1) is 18.7. The fourth-order valence-corrected chi connectivity index (χ4v) is 5.80. The summed E-state index contributed by atoms with van der Waals surface area (Å²) in [5.74, 6) is 3.83. The van der Waals surface area contributed by atoms with E-state index < -0.39 is 0 Å². The number of hydrogen-bond acceptors (Lipinski definition) is 5. The van der Waals surface area contributed by atoms with E-state index in [0.717, 1.165) is 55.8 Å². The van der Waals surface area contributed by atoms with Crippen LogP contribution in [0.25, 0.3) is 0 Å². The number of nitrogen functional groups attached to an aromatic ring is 1. The lowest BCUT2D eigenvalue weighted by Crippen LogP contribution is -2.30. The van der Waals surface area contributed by atoms with Gasteiger partial charge in [-0.15, -0.1) is 0 Å². The second-order valence-electron chi connectivity index (χ2n) is 8.98. The maximum atomic E-state index is 12.9. The number of ketones is 1. The molecular weight excluding hydrogens is 376 g/mol. The lowest BCUT2D eigenvalue weighted by molar-refractivity contribution is 0.0970. The molecule has 3 aliphatic heterocycles. The van der Waals surface area contributed by atoms with Crippen LogP contribution >= 0.6 is 11.6 Å². The summed E-state index contributed by atoms with van der Waals surface area (Å²) >= 11 is 6.29. The topological polar surface area (TPSA) is 64.8 Å². The smallest absolute Gasteiger partial charge is 0.166 e. The molecule has 4 aliphatic rings. The third kappa shape index (κ3) is 3.42. The van der Waals surface area contributed by atoms with Crippen LogP contribution in [0.15, 0.2) is 6.07 Å². The molecule has 0 radical (unpaired) electrons. The number of benzene rings is 1. The monoisotopic (exact) mass is 404 g/mol. The van der Waals surface area contributed by atoms with E-state index in [1.807, 2.05) is 0 Å². The molecule has 2 saturated heterocycles. The van der Waals surface area contributed by atoms with Gasteiger partial charge in [0, 0.05) is 38.2 Å². The third-order valence-electron chi connectivity index (χ3n) is 7.18. The van der Waals surface area contributed by atoms with Gasteiger partial charge >= 0.3 is 0 Å². The van der Waals surface area contributed by atoms with Gasteiger partial charge in [-0.25, -0.2) is 0 Å². The van der Waals surface area contributed by atoms with Gasteiger partial charge in [-0.05, 0) is 55.4 Å². The first-order chi connectivity index (χ1) is 13.6. The molecule has 0 spiro atoms. The lowest BCUT2D eigenvalue weighted by atomic mass is 9.95. The first-order valence-electron chi connectivity index (χ1n) is 10.7. The van der Waals surface area contributed by atoms with Gasteiger partial charge in [0.2, 0.25) is 0 Å². The molecule has 1 aromatic carbocycles. The number of likely N-dealkylation sites (tertiary alicyclic amines) is 1. The summed E-state index contributed by atoms with van der Waals surface area (Å²) in [4.78, 5) is 15.5. The summed E-state index contributed by atoms with van der Waals surface area (Å²) in [6.07, 6.45) is 4.51. The Bertz CT molecular complexity index is 766. The number of nitrogens with two attached hydrogens (primary N) is 1. The van der Waals surface area contributed by atoms with Gasteiger partial charge in [0.05, 0.1) is 29.5 Å². The Hall–Kier alpha value is -1.30. The lowest BCUT2D eigenvalue weighted by Gasteiger charge is -2.23. The van der Waals surface area contributed by atoms with Crippen LogP contribution in [0, 0.1) is 23.7 Å². The highest BCUT2D eigenvalue weighted by Crippen LogP contribution is 2.54. The number of anilines is 1. The number of ether oxygens (including phenoxy) is 2. The Morgan fingerprint density at radius 2 is 2.11 bits per heavy atom. The second-order valence-corrected chi connectivity index (χ2v) is 9.39. The molecule has 3 heterocycles. The van der Waals surface area contributed by atoms with Gasteiger partial charge in [0.1, 0.15) is 5.75 Å². The van der Waals surface area contributed by atoms with Crippen molar-refractivity contribution in [3.05, 3.63) is 22.2 Å². The highest BCUT2D eigenvalue weighted by atomic mass is 35.5. The summed E-state index contributed by atoms with van der Waals surface area (Å²) in [6.45, 7) is 6.09. The Labute approximate surface area is 171 Å². The highest BCUT2D eigenvalue weighted by Gasteiger charge is 2.54. The highest BCUT2D eigenvalue weighted by molar-refractivity contribution is 6.33. The predicted molar refractivity (Wildman–Crippen MR) is 109 cm³/mol. The predicted octanol–water partition coefficient (Wildman–Crippen LogP) is 3.42. The van der Waals surface area contributed by atoms with Crippen molar-refractivity contribution < 1.29 is 14.3 Å². The zero-order valence-electron chi connectivity index (χ0n) is 16.3. The molecule has 1 saturated carbocycles. The summed E-state index contributed by atoms with van der Waals surface area (Å²) < 4.78 is 11.3. The van der Waals surface area contributed by atoms with Crippen LogP contribution in [0.2, 0.25) is 5.02 Å². The van der Waals surface area contributed by atoms with E-state index in [2.05, 4.69) is 4.90 Å². The fourth-order valence-electron chi connectivity index (χ4n) is 5.58. The Morgan fingerprint density at radius 1 is 1.29 bits per heavy atom. The average molecular weight is 405 g/mol. The number of hydrogen-bond donors (Lipinski definition) is 1. The molecule has 6 heteroatoms. The molecule has 152 valence electrons. The van der Waals surface area contributed by atoms with E-state index in [1.165, 1.54) is 26.1 Å². The third-order valence-corrected chi connectivity index (χ3v) is 7.49. The van der Waals surface area contributed by atoms with Gasteiger partial charge in [-0.1, -0.05) is 11.6 Å². The molecule has 1 aliphatic carbocycles. The van der Waals surface area contributed by atoms with Gasteiger partial charge < -0.3 is 20.1 Å². The van der Waals surface area contributed by atoms with Gasteiger partial charge in [-0.3, -0.25) is 4.79 Å². The quantitative estimate of drug-likeness (QED) is 0.581. The Balaban J connectivity index is 1.16. The van der Waals surface area contributed by atoms with Crippen LogP contribution in [0.4, 0.5) is 5.69 Å². The molecule has 5 rings (SSSR count). The van der Waals surface area contributed by atoms with Crippen LogP contribution < -0.4 is 10.5 Å². The average Bonchev–Trinajstić information content (AvgIpc) is 3.08. The molecule has 28 heavy (non-hydrogen) atoms. The number of rotatable bonds is 6. The molecule has 0 aromatic heterocycles. The zero-order valence-corrected chi connectivity index (χ0v) is 17.0. The number of piperidine rings is 1. The first-order valence-corrected chi connectivity index (χ1v) is 11.1. The molecule has 1 aromatic rings. The Morgan fingerprint density at radius 3 is 2.86 bits per heavy atom. The van der Waals surface area contributed by atoms with Crippen LogP contribution in [0.3, 0.4) is 0 Å². The van der Waals surface area contributed by atoms with E-state index >= 15 is 0 Å². The van der Waals surface area contributed by atoms with Gasteiger partial charge in [-0.2, -0.15) is 0 Å². The maximum absolute atomic E-state index is 12.9. The van der Waals surface area contributed by atoms with Crippen molar-refractivity contribution in [2.75, 3.05) is 45.2 Å². The summed E-state index contributed by atoms with van der Waals surface area (Å²) in [7, 11) is 0. The van der Waals surface area contributed by atoms with Crippen molar-refractivity contribution in [1.82, 2.24) is 4.90 Å². The van der Waals surface area contributed by atoms with E-state index in [0.29, 0.717) is 41.0 Å². The molecule has 0 amide bonds. The van der Waals surface area contributed by atoms with Crippen molar-refractivity contribution >= 4 is 23.1 Å². The fraction of sp³-hybridized carbons (Fsp3) is 0.682. The van der Waals surface area contributed by atoms with Crippen molar-refractivity contribution in [3.63, 3.8) is 0 Å². The SMILES string of the molecule is Nc1c(Cl)cc(C(=O)CCC2C3CN(CC4CCOC4)CC23)c2c1CCCO2. The Kier molecular flexibility index (Phi) is 5.02. The number of nitrogens with zero attached hydrogens (tertiary/aromatic N) is 1. The molecule has 2 N–H and O–H groups in total. The minimum Gasteiger partial charge on any atom is -0.492 e. The van der Waals surface area contributed by atoms with Crippen molar-refractivity contribution in [1.29, 1.82) is 0 Å². The van der Waals surface area contributed by atoms with Crippen LogP contribution in [0.5, 0.6) is 5.75 Å². The van der Waals surface area contributed by atoms with E-state index in [4.69, 9.17) is 26.8 Å². The maximum Gasteiger partial charge on any atom is 0.166 e. The van der Waals surface area contributed by atoms with Crippen LogP contribution in [-0.2, 0) is 11.2 Å². The minimum atomic E-state index is 0.144. The number of Topliss-reactive ketones (excluding diaryl/α,β-unsaturated/α-hetero) is 1. The minimum absolute atomic E-state index is 0.144. The standard InChI is InChI=1S/C22H29ClN2O3/c23-19-8-16(22-15(21(19)24)2-1-6-28-22)20(26)4-3-14-17-10-25(11-18(14)17)9-13-5-7-27-12-13/h8,13-14,17-18H,1-7,9-12,24H2. The molecule has 3 fully saturated rings. The zero-order chi connectivity index (χ0) is 19.3. The molecule has 3 atom stereocenters. The number of carbonyl (C=O) groups excluding carboxylic acids is 1. The molecule has 3 unspecified atom stereocenters. The van der Waals surface area contributed by atoms with Crippen molar-refractivity contribution in [2.24, 2.45) is 23.7 Å². The van der Waals surface area contributed by atoms with Crippen LogP contribution in [-0.4, -0.2) is 50.1 Å². The van der Waals surface area contributed by atoms with Crippen molar-refractivity contribution in [3.8, 4) is 5.75 Å². The number of fused-ring (bicyclic) bond motifs is 2. The second kappa shape index (κ2) is 7.51. The van der Waals surface area contributed by atoms with E-state index in [-0.39, 0.29) is 5.78 Å². The van der Waals surface area contributed by atoms with E-state index in [9.17, 15) is 4.79 Å².